The third-order valence-corrected chi connectivity index (χ3v) is 3.09. The van der Waals surface area contributed by atoms with Crippen LogP contribution < -0.4 is 9.47 Å². The summed E-state index contributed by atoms with van der Waals surface area (Å²) in [6.07, 6.45) is 4.04. The van der Waals surface area contributed by atoms with Gasteiger partial charge >= 0.3 is 5.97 Å². The highest BCUT2D eigenvalue weighted by Crippen LogP contribution is 2.24. The van der Waals surface area contributed by atoms with Gasteiger partial charge in [0.2, 0.25) is 0 Å². The molecule has 0 amide bonds. The van der Waals surface area contributed by atoms with E-state index in [0.717, 1.165) is 25.7 Å². The second kappa shape index (κ2) is 12.8. The molecule has 0 saturated carbocycles. The van der Waals surface area contributed by atoms with Gasteiger partial charge in [-0.25, -0.2) is 4.79 Å². The van der Waals surface area contributed by atoms with Gasteiger partial charge in [-0.2, -0.15) is 0 Å². The van der Waals surface area contributed by atoms with Crippen LogP contribution in [0.2, 0.25) is 0 Å². The first-order valence-electron chi connectivity index (χ1n) is 8.67. The summed E-state index contributed by atoms with van der Waals surface area (Å²) in [5.74, 6) is 0.794. The molecule has 4 heteroatoms. The lowest BCUT2D eigenvalue weighted by atomic mass is 10.1. The largest absolute Gasteiger partial charge is 0.493 e. The lowest BCUT2D eigenvalue weighted by Gasteiger charge is -2.11. The second-order valence-electron chi connectivity index (χ2n) is 5.58. The summed E-state index contributed by atoms with van der Waals surface area (Å²) in [7, 11) is 0. The molecule has 0 radical (unpaired) electrons. The minimum Gasteiger partial charge on any atom is -0.493 e. The molecule has 0 saturated heterocycles. The smallest absolute Gasteiger partial charge is 0.335 e. The van der Waals surface area contributed by atoms with Crippen molar-refractivity contribution in [1.82, 2.24) is 0 Å². The molecule has 0 fully saturated rings. The zero-order valence-electron chi connectivity index (χ0n) is 15.2. The molecule has 0 aromatic heterocycles. The lowest BCUT2D eigenvalue weighted by Crippen LogP contribution is -2.04. The van der Waals surface area contributed by atoms with E-state index in [1.165, 1.54) is 0 Å². The van der Waals surface area contributed by atoms with E-state index < -0.39 is 5.97 Å². The summed E-state index contributed by atoms with van der Waals surface area (Å²) in [6.45, 7) is 11.6. The molecule has 0 aliphatic heterocycles. The highest BCUT2D eigenvalue weighted by atomic mass is 16.5. The molecule has 1 rings (SSSR count). The Hall–Kier alpha value is -1.71. The van der Waals surface area contributed by atoms with Crippen molar-refractivity contribution in [3.63, 3.8) is 0 Å². The van der Waals surface area contributed by atoms with E-state index in [1.807, 2.05) is 13.8 Å². The Morgan fingerprint density at radius 2 is 1.57 bits per heavy atom. The molecule has 0 aliphatic rings. The van der Waals surface area contributed by atoms with Crippen LogP contribution in [0.25, 0.3) is 0 Å². The number of aromatic carboxylic acids is 1. The molecule has 0 unspecified atom stereocenters. The maximum atomic E-state index is 11.1. The van der Waals surface area contributed by atoms with E-state index in [-0.39, 0.29) is 5.56 Å². The third kappa shape index (κ3) is 9.82. The molecule has 1 aromatic carbocycles. The van der Waals surface area contributed by atoms with Crippen molar-refractivity contribution < 1.29 is 19.4 Å². The van der Waals surface area contributed by atoms with Crippen LogP contribution in [0.4, 0.5) is 0 Å². The molecule has 1 aromatic rings. The Morgan fingerprint density at radius 3 is 2.00 bits per heavy atom. The number of hydrogen-bond donors (Lipinski definition) is 1. The van der Waals surface area contributed by atoms with E-state index in [4.69, 9.17) is 14.6 Å². The van der Waals surface area contributed by atoms with Crippen molar-refractivity contribution in [1.29, 1.82) is 0 Å². The number of ether oxygens (including phenoxy) is 2. The number of unbranched alkanes of at least 4 members (excludes halogenated alkanes) is 1. The molecule has 4 nitrogen and oxygen atoms in total. The number of hydrogen-bond acceptors (Lipinski definition) is 3. The third-order valence-electron chi connectivity index (χ3n) is 3.09. The standard InChI is InChI=1S/C17H26O4.C2H6/c1-4-5-8-20-15-10-14(17(18)19)11-16(12-15)21-9-6-7-13(2)3;1-2/h10-13H,4-9H2,1-3H3,(H,18,19);1-2H3. The lowest BCUT2D eigenvalue weighted by molar-refractivity contribution is 0.0695. The van der Waals surface area contributed by atoms with Gasteiger partial charge in [-0.05, 0) is 37.3 Å². The average molecular weight is 324 g/mol. The van der Waals surface area contributed by atoms with Crippen LogP contribution in [-0.2, 0) is 0 Å². The minimum atomic E-state index is -0.969. The van der Waals surface area contributed by atoms with E-state index >= 15 is 0 Å². The van der Waals surface area contributed by atoms with Gasteiger partial charge in [-0.1, -0.05) is 41.0 Å². The summed E-state index contributed by atoms with van der Waals surface area (Å²) in [5.41, 5.74) is 0.197. The number of carboxylic acid groups (broad SMARTS) is 1. The quantitative estimate of drug-likeness (QED) is 0.585. The molecule has 0 bridgehead atoms. The topological polar surface area (TPSA) is 55.8 Å². The fourth-order valence-corrected chi connectivity index (χ4v) is 1.88. The Bertz CT molecular complexity index is 441. The Labute approximate surface area is 140 Å². The van der Waals surface area contributed by atoms with Crippen LogP contribution in [0.1, 0.15) is 70.7 Å². The van der Waals surface area contributed by atoms with Crippen LogP contribution in [0.3, 0.4) is 0 Å². The predicted molar refractivity (Wildman–Crippen MR) is 94.7 cm³/mol. The van der Waals surface area contributed by atoms with Gasteiger partial charge in [0.1, 0.15) is 11.5 Å². The van der Waals surface area contributed by atoms with E-state index in [0.29, 0.717) is 30.6 Å². The molecular weight excluding hydrogens is 292 g/mol. The average Bonchev–Trinajstić information content (AvgIpc) is 2.53. The van der Waals surface area contributed by atoms with Gasteiger partial charge in [-0.3, -0.25) is 0 Å². The van der Waals surface area contributed by atoms with Gasteiger partial charge in [0.25, 0.3) is 0 Å². The van der Waals surface area contributed by atoms with Crippen molar-refractivity contribution in [3.8, 4) is 11.5 Å². The summed E-state index contributed by atoms with van der Waals surface area (Å²) >= 11 is 0. The van der Waals surface area contributed by atoms with Crippen LogP contribution in [-0.4, -0.2) is 24.3 Å². The summed E-state index contributed by atoms with van der Waals surface area (Å²) in [5, 5.41) is 9.14. The molecule has 23 heavy (non-hydrogen) atoms. The van der Waals surface area contributed by atoms with Crippen LogP contribution in [0.15, 0.2) is 18.2 Å². The van der Waals surface area contributed by atoms with Gasteiger partial charge in [0.05, 0.1) is 18.8 Å². The maximum absolute atomic E-state index is 11.1. The molecule has 1 N–H and O–H groups in total. The monoisotopic (exact) mass is 324 g/mol. The normalized spacial score (nSPS) is 10.0. The molecular formula is C19H32O4. The Kier molecular flexibility index (Phi) is 11.8. The maximum Gasteiger partial charge on any atom is 0.335 e. The van der Waals surface area contributed by atoms with Gasteiger partial charge in [-0.15, -0.1) is 0 Å². The van der Waals surface area contributed by atoms with Crippen molar-refractivity contribution in [2.75, 3.05) is 13.2 Å². The van der Waals surface area contributed by atoms with Gasteiger partial charge in [0.15, 0.2) is 0 Å². The van der Waals surface area contributed by atoms with Crippen LogP contribution in [0, 0.1) is 5.92 Å². The van der Waals surface area contributed by atoms with E-state index in [2.05, 4.69) is 20.8 Å². The number of carboxylic acids is 1. The zero-order chi connectivity index (χ0) is 17.7. The fourth-order valence-electron chi connectivity index (χ4n) is 1.88. The number of benzene rings is 1. The fraction of sp³-hybridized carbons (Fsp3) is 0.632. The zero-order valence-corrected chi connectivity index (χ0v) is 15.2. The molecule has 132 valence electrons. The van der Waals surface area contributed by atoms with Gasteiger partial charge in [0, 0.05) is 6.07 Å². The predicted octanol–water partition coefficient (Wildman–Crippen LogP) is 5.40. The summed E-state index contributed by atoms with van der Waals surface area (Å²) in [6, 6.07) is 4.85. The number of rotatable bonds is 10. The van der Waals surface area contributed by atoms with Crippen molar-refractivity contribution in [2.45, 2.75) is 60.3 Å². The highest BCUT2D eigenvalue weighted by Gasteiger charge is 2.09. The molecule has 0 aliphatic carbocycles. The Morgan fingerprint density at radius 1 is 1.04 bits per heavy atom. The van der Waals surface area contributed by atoms with Crippen LogP contribution in [0.5, 0.6) is 11.5 Å². The first kappa shape index (κ1) is 21.3. The summed E-state index contributed by atoms with van der Waals surface area (Å²) < 4.78 is 11.2. The first-order chi connectivity index (χ1) is 11.0. The van der Waals surface area contributed by atoms with E-state index in [1.54, 1.807) is 18.2 Å². The first-order valence-corrected chi connectivity index (χ1v) is 8.67. The summed E-state index contributed by atoms with van der Waals surface area (Å²) in [4.78, 5) is 11.1. The number of carbonyl (C=O) groups is 1. The van der Waals surface area contributed by atoms with Crippen molar-refractivity contribution in [2.24, 2.45) is 5.92 Å². The molecule has 0 atom stereocenters. The van der Waals surface area contributed by atoms with Crippen LogP contribution >= 0.6 is 0 Å². The minimum absolute atomic E-state index is 0.197. The SMILES string of the molecule is CC.CCCCOc1cc(OCCCC(C)C)cc(C(=O)O)c1. The van der Waals surface area contributed by atoms with Crippen molar-refractivity contribution >= 4 is 5.97 Å². The molecule has 0 heterocycles. The highest BCUT2D eigenvalue weighted by molar-refractivity contribution is 5.88. The molecule has 0 spiro atoms. The van der Waals surface area contributed by atoms with E-state index in [9.17, 15) is 4.79 Å². The second-order valence-corrected chi connectivity index (χ2v) is 5.58. The van der Waals surface area contributed by atoms with Gasteiger partial charge < -0.3 is 14.6 Å². The Balaban J connectivity index is 0.00000232. The van der Waals surface area contributed by atoms with Crippen molar-refractivity contribution in [3.05, 3.63) is 23.8 Å².